The molecule has 2 heterocycles. The number of rotatable bonds is 3. The fraction of sp³-hybridized carbons (Fsp3) is 0.0625. The molecular weight excluding hydrogens is 357 g/mol. The number of halogens is 4. The van der Waals surface area contributed by atoms with Crippen molar-refractivity contribution in [3.8, 4) is 5.69 Å². The van der Waals surface area contributed by atoms with Crippen molar-refractivity contribution in [2.24, 2.45) is 0 Å². The van der Waals surface area contributed by atoms with Gasteiger partial charge in [0.2, 0.25) is 0 Å². The van der Waals surface area contributed by atoms with Crippen molar-refractivity contribution in [3.05, 3.63) is 71.3 Å². The number of pyridine rings is 1. The van der Waals surface area contributed by atoms with Crippen LogP contribution in [0.15, 0.2) is 55.0 Å². The average molecular weight is 367 g/mol. The lowest BCUT2D eigenvalue weighted by Gasteiger charge is -2.14. The highest BCUT2D eigenvalue weighted by molar-refractivity contribution is 6.29. The van der Waals surface area contributed by atoms with Gasteiger partial charge in [-0.1, -0.05) is 11.6 Å². The van der Waals surface area contributed by atoms with E-state index in [9.17, 15) is 18.0 Å². The van der Waals surface area contributed by atoms with Crippen LogP contribution in [0.5, 0.6) is 0 Å². The lowest BCUT2D eigenvalue weighted by molar-refractivity contribution is -0.137. The van der Waals surface area contributed by atoms with Gasteiger partial charge in [-0.15, -0.1) is 0 Å². The van der Waals surface area contributed by atoms with Gasteiger partial charge in [-0.05, 0) is 36.4 Å². The number of nitrogens with one attached hydrogen (secondary N) is 1. The van der Waals surface area contributed by atoms with Crippen molar-refractivity contribution in [1.29, 1.82) is 0 Å². The molecule has 0 bridgehead atoms. The normalized spacial score (nSPS) is 11.4. The van der Waals surface area contributed by atoms with Crippen LogP contribution < -0.4 is 5.32 Å². The molecule has 5 nitrogen and oxygen atoms in total. The molecule has 0 spiro atoms. The number of aromatic nitrogens is 3. The molecule has 0 fully saturated rings. The van der Waals surface area contributed by atoms with Gasteiger partial charge in [-0.3, -0.25) is 4.79 Å². The highest BCUT2D eigenvalue weighted by Gasteiger charge is 2.31. The highest BCUT2D eigenvalue weighted by Crippen LogP contribution is 2.33. The summed E-state index contributed by atoms with van der Waals surface area (Å²) in [5.41, 5.74) is -0.451. The lowest BCUT2D eigenvalue weighted by Crippen LogP contribution is -2.16. The van der Waals surface area contributed by atoms with E-state index in [0.717, 1.165) is 12.1 Å². The molecule has 0 atom stereocenters. The van der Waals surface area contributed by atoms with Crippen LogP contribution in [0.4, 0.5) is 18.9 Å². The predicted molar refractivity (Wildman–Crippen MR) is 85.8 cm³/mol. The molecule has 25 heavy (non-hydrogen) atoms. The minimum atomic E-state index is -4.54. The topological polar surface area (TPSA) is 59.8 Å². The number of alkyl halides is 3. The monoisotopic (exact) mass is 366 g/mol. The second-order valence-electron chi connectivity index (χ2n) is 5.00. The number of carbonyl (C=O) groups excluding carboxylic acids is 1. The summed E-state index contributed by atoms with van der Waals surface area (Å²) < 4.78 is 40.3. The van der Waals surface area contributed by atoms with E-state index >= 15 is 0 Å². The summed E-state index contributed by atoms with van der Waals surface area (Å²) in [4.78, 5) is 16.1. The molecule has 1 aromatic carbocycles. The third kappa shape index (κ3) is 3.80. The first-order chi connectivity index (χ1) is 11.8. The molecule has 3 rings (SSSR count). The summed E-state index contributed by atoms with van der Waals surface area (Å²) in [5.74, 6) is -0.614. The van der Waals surface area contributed by atoms with Gasteiger partial charge in [0.25, 0.3) is 5.91 Å². The summed E-state index contributed by atoms with van der Waals surface area (Å²) in [6, 6.07) is 7.48. The average Bonchev–Trinajstić information content (AvgIpc) is 3.08. The summed E-state index contributed by atoms with van der Waals surface area (Å²) in [7, 11) is 0. The Labute approximate surface area is 145 Å². The van der Waals surface area contributed by atoms with E-state index < -0.39 is 17.6 Å². The molecule has 0 saturated carbocycles. The van der Waals surface area contributed by atoms with Gasteiger partial charge < -0.3 is 5.32 Å². The number of anilines is 1. The molecule has 2 aromatic heterocycles. The van der Waals surface area contributed by atoms with Crippen LogP contribution >= 0.6 is 11.6 Å². The molecule has 0 aliphatic rings. The molecule has 3 aromatic rings. The maximum absolute atomic E-state index is 13.0. The Morgan fingerprint density at radius 1 is 1.20 bits per heavy atom. The highest BCUT2D eigenvalue weighted by atomic mass is 35.5. The molecule has 1 amide bonds. The van der Waals surface area contributed by atoms with Gasteiger partial charge >= 0.3 is 6.18 Å². The Hall–Kier alpha value is -2.87. The summed E-state index contributed by atoms with van der Waals surface area (Å²) >= 11 is 5.66. The zero-order valence-corrected chi connectivity index (χ0v) is 13.2. The number of hydrogen-bond donors (Lipinski definition) is 1. The standard InChI is InChI=1S/C16H10ClF3N4O/c17-14-5-2-10(9-21-14)15(25)23-12-8-11(16(18,19)20)3-4-13(12)24-7-1-6-22-24/h1-9H,(H,23,25). The number of carbonyl (C=O) groups is 1. The van der Waals surface area contributed by atoms with Crippen molar-refractivity contribution in [3.63, 3.8) is 0 Å². The molecule has 0 aliphatic carbocycles. The minimum Gasteiger partial charge on any atom is -0.320 e. The van der Waals surface area contributed by atoms with Crippen molar-refractivity contribution in [1.82, 2.24) is 14.8 Å². The van der Waals surface area contributed by atoms with E-state index in [1.807, 2.05) is 0 Å². The van der Waals surface area contributed by atoms with E-state index in [1.54, 1.807) is 12.3 Å². The Morgan fingerprint density at radius 2 is 2.00 bits per heavy atom. The number of benzene rings is 1. The van der Waals surface area contributed by atoms with Crippen LogP contribution in [0.1, 0.15) is 15.9 Å². The zero-order chi connectivity index (χ0) is 18.0. The number of amides is 1. The van der Waals surface area contributed by atoms with E-state index in [4.69, 9.17) is 11.6 Å². The Bertz CT molecular complexity index is 893. The lowest BCUT2D eigenvalue weighted by atomic mass is 10.1. The smallest absolute Gasteiger partial charge is 0.320 e. The van der Waals surface area contributed by atoms with Crippen molar-refractivity contribution in [2.45, 2.75) is 6.18 Å². The van der Waals surface area contributed by atoms with Crippen molar-refractivity contribution >= 4 is 23.2 Å². The van der Waals surface area contributed by atoms with Crippen LogP contribution in [0, 0.1) is 0 Å². The molecular formula is C16H10ClF3N4O. The van der Waals surface area contributed by atoms with Gasteiger partial charge in [0.15, 0.2) is 0 Å². The van der Waals surface area contributed by atoms with Gasteiger partial charge in [-0.25, -0.2) is 9.67 Å². The summed E-state index contributed by atoms with van der Waals surface area (Å²) in [5, 5.41) is 6.65. The molecule has 1 N–H and O–H groups in total. The largest absolute Gasteiger partial charge is 0.416 e. The molecule has 128 valence electrons. The third-order valence-corrected chi connectivity index (χ3v) is 3.54. The van der Waals surface area contributed by atoms with Crippen LogP contribution in [0.25, 0.3) is 5.69 Å². The van der Waals surface area contributed by atoms with Crippen LogP contribution in [-0.4, -0.2) is 20.7 Å². The van der Waals surface area contributed by atoms with Crippen LogP contribution in [0.2, 0.25) is 5.15 Å². The molecule has 9 heteroatoms. The fourth-order valence-corrected chi connectivity index (χ4v) is 2.24. The maximum atomic E-state index is 13.0. The quantitative estimate of drug-likeness (QED) is 0.707. The second-order valence-corrected chi connectivity index (χ2v) is 5.39. The van der Waals surface area contributed by atoms with E-state index in [1.165, 1.54) is 35.3 Å². The SMILES string of the molecule is O=C(Nc1cc(C(F)(F)F)ccc1-n1cccn1)c1ccc(Cl)nc1. The number of hydrogen-bond acceptors (Lipinski definition) is 3. The van der Waals surface area contributed by atoms with E-state index in [-0.39, 0.29) is 16.4 Å². The summed E-state index contributed by atoms with van der Waals surface area (Å²) in [6.45, 7) is 0. The molecule has 0 saturated heterocycles. The van der Waals surface area contributed by atoms with Crippen LogP contribution in [-0.2, 0) is 6.18 Å². The molecule has 0 unspecified atom stereocenters. The van der Waals surface area contributed by atoms with E-state index in [2.05, 4.69) is 15.4 Å². The van der Waals surface area contributed by atoms with E-state index in [0.29, 0.717) is 5.69 Å². The number of nitrogens with zero attached hydrogens (tertiary/aromatic N) is 3. The fourth-order valence-electron chi connectivity index (χ4n) is 2.13. The second kappa shape index (κ2) is 6.56. The Balaban J connectivity index is 2.00. The van der Waals surface area contributed by atoms with Crippen molar-refractivity contribution < 1.29 is 18.0 Å². The Morgan fingerprint density at radius 3 is 2.60 bits per heavy atom. The predicted octanol–water partition coefficient (Wildman–Crippen LogP) is 4.19. The molecule has 0 aliphatic heterocycles. The van der Waals surface area contributed by atoms with Gasteiger partial charge in [-0.2, -0.15) is 18.3 Å². The first-order valence-electron chi connectivity index (χ1n) is 6.99. The third-order valence-electron chi connectivity index (χ3n) is 3.31. The van der Waals surface area contributed by atoms with Gasteiger partial charge in [0.1, 0.15) is 5.15 Å². The maximum Gasteiger partial charge on any atom is 0.416 e. The zero-order valence-electron chi connectivity index (χ0n) is 12.5. The van der Waals surface area contributed by atoms with Crippen molar-refractivity contribution in [2.75, 3.05) is 5.32 Å². The van der Waals surface area contributed by atoms with Gasteiger partial charge in [0, 0.05) is 18.6 Å². The Kier molecular flexibility index (Phi) is 4.45. The molecule has 0 radical (unpaired) electrons. The van der Waals surface area contributed by atoms with Gasteiger partial charge in [0.05, 0.1) is 22.5 Å². The van der Waals surface area contributed by atoms with Crippen LogP contribution in [0.3, 0.4) is 0 Å². The first kappa shape index (κ1) is 17.0. The first-order valence-corrected chi connectivity index (χ1v) is 7.36. The minimum absolute atomic E-state index is 0.0292. The summed E-state index contributed by atoms with van der Waals surface area (Å²) in [6.07, 6.45) is -0.267.